The van der Waals surface area contributed by atoms with E-state index in [4.69, 9.17) is 4.74 Å². The molecule has 8 nitrogen and oxygen atoms in total. The molecule has 0 radical (unpaired) electrons. The molecule has 0 fully saturated rings. The third-order valence-electron chi connectivity index (χ3n) is 2.89. The van der Waals surface area contributed by atoms with Gasteiger partial charge in [0.2, 0.25) is 0 Å². The van der Waals surface area contributed by atoms with Gasteiger partial charge in [-0.3, -0.25) is 14.9 Å². The Balaban J connectivity index is 1.90. The second-order valence-corrected chi connectivity index (χ2v) is 4.89. The van der Waals surface area contributed by atoms with E-state index in [1.54, 1.807) is 24.4 Å². The number of pyridine rings is 1. The first-order valence-electron chi connectivity index (χ1n) is 6.76. The van der Waals surface area contributed by atoms with E-state index in [1.807, 2.05) is 19.0 Å². The molecular weight excluding hydrogens is 300 g/mol. The predicted molar refractivity (Wildman–Crippen MR) is 85.8 cm³/mol. The van der Waals surface area contributed by atoms with Crippen molar-refractivity contribution in [2.75, 3.05) is 30.9 Å². The summed E-state index contributed by atoms with van der Waals surface area (Å²) in [6, 6.07) is 9.17. The molecule has 0 saturated heterocycles. The Morgan fingerprint density at radius 2 is 2.13 bits per heavy atom. The van der Waals surface area contributed by atoms with Crippen LogP contribution in [0.2, 0.25) is 0 Å². The van der Waals surface area contributed by atoms with Crippen molar-refractivity contribution < 1.29 is 14.5 Å². The topological polar surface area (TPSA) is 97.6 Å². The first-order valence-corrected chi connectivity index (χ1v) is 6.76. The molecule has 1 amide bonds. The number of nitrogens with zero attached hydrogens (tertiary/aromatic N) is 3. The SMILES string of the molecule is CN(C)c1ccc(NC(=O)COc2cccc([N+](=O)[O-])c2)cn1. The summed E-state index contributed by atoms with van der Waals surface area (Å²) in [5.74, 6) is 0.655. The van der Waals surface area contributed by atoms with Gasteiger partial charge >= 0.3 is 0 Å². The minimum absolute atomic E-state index is 0.0913. The lowest BCUT2D eigenvalue weighted by Gasteiger charge is -2.12. The highest BCUT2D eigenvalue weighted by Gasteiger charge is 2.08. The van der Waals surface area contributed by atoms with Gasteiger partial charge in [0, 0.05) is 20.2 Å². The van der Waals surface area contributed by atoms with E-state index in [1.165, 1.54) is 18.2 Å². The number of nitrogens with one attached hydrogen (secondary N) is 1. The van der Waals surface area contributed by atoms with Crippen molar-refractivity contribution in [2.45, 2.75) is 0 Å². The molecule has 1 N–H and O–H groups in total. The molecule has 1 aromatic heterocycles. The average Bonchev–Trinajstić information content (AvgIpc) is 2.53. The summed E-state index contributed by atoms with van der Waals surface area (Å²) in [5.41, 5.74) is 0.453. The molecular formula is C15H16N4O4. The van der Waals surface area contributed by atoms with Gasteiger partial charge in [0.05, 0.1) is 22.9 Å². The van der Waals surface area contributed by atoms with E-state index in [0.717, 1.165) is 5.82 Å². The van der Waals surface area contributed by atoms with E-state index >= 15 is 0 Å². The smallest absolute Gasteiger partial charge is 0.273 e. The third-order valence-corrected chi connectivity index (χ3v) is 2.89. The monoisotopic (exact) mass is 316 g/mol. The second-order valence-electron chi connectivity index (χ2n) is 4.89. The number of carbonyl (C=O) groups is 1. The Kier molecular flexibility index (Phi) is 5.08. The van der Waals surface area contributed by atoms with Crippen LogP contribution in [0.4, 0.5) is 17.2 Å². The molecule has 0 spiro atoms. The number of nitro groups is 1. The largest absolute Gasteiger partial charge is 0.484 e. The van der Waals surface area contributed by atoms with E-state index in [9.17, 15) is 14.9 Å². The summed E-state index contributed by atoms with van der Waals surface area (Å²) in [6.45, 7) is -0.253. The molecule has 23 heavy (non-hydrogen) atoms. The molecule has 0 bridgehead atoms. The molecule has 2 rings (SSSR count). The molecule has 0 atom stereocenters. The number of amides is 1. The molecule has 0 aliphatic carbocycles. The zero-order valence-corrected chi connectivity index (χ0v) is 12.7. The summed E-state index contributed by atoms with van der Waals surface area (Å²) in [7, 11) is 3.74. The lowest BCUT2D eigenvalue weighted by molar-refractivity contribution is -0.384. The Morgan fingerprint density at radius 1 is 1.35 bits per heavy atom. The van der Waals surface area contributed by atoms with Crippen molar-refractivity contribution in [1.82, 2.24) is 4.98 Å². The van der Waals surface area contributed by atoms with Gasteiger partial charge in [0.25, 0.3) is 11.6 Å². The maximum atomic E-state index is 11.8. The number of non-ortho nitro benzene ring substituents is 1. The van der Waals surface area contributed by atoms with E-state index < -0.39 is 4.92 Å². The van der Waals surface area contributed by atoms with Crippen LogP contribution in [0.3, 0.4) is 0 Å². The van der Waals surface area contributed by atoms with Crippen molar-refractivity contribution in [1.29, 1.82) is 0 Å². The molecule has 0 unspecified atom stereocenters. The fourth-order valence-electron chi connectivity index (χ4n) is 1.76. The molecule has 1 aromatic carbocycles. The summed E-state index contributed by atoms with van der Waals surface area (Å²) < 4.78 is 5.25. The Morgan fingerprint density at radius 3 is 2.74 bits per heavy atom. The number of hydrogen-bond donors (Lipinski definition) is 1. The molecule has 1 heterocycles. The number of aromatic nitrogens is 1. The summed E-state index contributed by atoms with van der Waals surface area (Å²) in [4.78, 5) is 28.0. The lowest BCUT2D eigenvalue weighted by atomic mass is 10.3. The van der Waals surface area contributed by atoms with Gasteiger partial charge in [0.1, 0.15) is 11.6 Å². The molecule has 2 aromatic rings. The van der Waals surface area contributed by atoms with Gasteiger partial charge in [-0.15, -0.1) is 0 Å². The van der Waals surface area contributed by atoms with Crippen LogP contribution < -0.4 is 15.0 Å². The molecule has 0 aliphatic rings. The van der Waals surface area contributed by atoms with Gasteiger partial charge in [-0.05, 0) is 18.2 Å². The first kappa shape index (κ1) is 16.2. The van der Waals surface area contributed by atoms with Crippen molar-refractivity contribution in [2.24, 2.45) is 0 Å². The third kappa shape index (κ3) is 4.67. The Labute approximate surface area is 132 Å². The second kappa shape index (κ2) is 7.21. The summed E-state index contributed by atoms with van der Waals surface area (Å²) in [6.07, 6.45) is 1.54. The van der Waals surface area contributed by atoms with Crippen LogP contribution in [-0.4, -0.2) is 36.5 Å². The quantitative estimate of drug-likeness (QED) is 0.647. The van der Waals surface area contributed by atoms with Crippen LogP contribution in [0, 0.1) is 10.1 Å². The fraction of sp³-hybridized carbons (Fsp3) is 0.200. The average molecular weight is 316 g/mol. The van der Waals surface area contributed by atoms with E-state index in [0.29, 0.717) is 5.69 Å². The van der Waals surface area contributed by atoms with Crippen molar-refractivity contribution in [3.8, 4) is 5.75 Å². The van der Waals surface area contributed by atoms with Crippen molar-refractivity contribution in [3.05, 3.63) is 52.7 Å². The minimum atomic E-state index is -0.523. The standard InChI is InChI=1S/C15H16N4O4/c1-18(2)14-7-6-11(9-16-14)17-15(20)10-23-13-5-3-4-12(8-13)19(21)22/h3-9H,10H2,1-2H3,(H,17,20). The van der Waals surface area contributed by atoms with Crippen LogP contribution in [0.25, 0.3) is 0 Å². The maximum absolute atomic E-state index is 11.8. The minimum Gasteiger partial charge on any atom is -0.484 e. The number of benzene rings is 1. The normalized spacial score (nSPS) is 10.0. The number of hydrogen-bond acceptors (Lipinski definition) is 6. The number of nitro benzene ring substituents is 1. The van der Waals surface area contributed by atoms with Crippen molar-refractivity contribution >= 4 is 23.1 Å². The van der Waals surface area contributed by atoms with Crippen LogP contribution in [-0.2, 0) is 4.79 Å². The van der Waals surface area contributed by atoms with Crippen LogP contribution in [0.5, 0.6) is 5.75 Å². The maximum Gasteiger partial charge on any atom is 0.273 e. The highest BCUT2D eigenvalue weighted by molar-refractivity contribution is 5.91. The summed E-state index contributed by atoms with van der Waals surface area (Å²) >= 11 is 0. The molecule has 0 aliphatic heterocycles. The van der Waals surface area contributed by atoms with E-state index in [-0.39, 0.29) is 24.0 Å². The highest BCUT2D eigenvalue weighted by Crippen LogP contribution is 2.19. The predicted octanol–water partition coefficient (Wildman–Crippen LogP) is 2.07. The molecule has 8 heteroatoms. The van der Waals surface area contributed by atoms with Gasteiger partial charge in [-0.25, -0.2) is 4.98 Å². The summed E-state index contributed by atoms with van der Waals surface area (Å²) in [5, 5.41) is 13.3. The first-order chi connectivity index (χ1) is 11.0. The van der Waals surface area contributed by atoms with E-state index in [2.05, 4.69) is 10.3 Å². The van der Waals surface area contributed by atoms with Crippen LogP contribution >= 0.6 is 0 Å². The number of carbonyl (C=O) groups excluding carboxylic acids is 1. The fourth-order valence-corrected chi connectivity index (χ4v) is 1.76. The van der Waals surface area contributed by atoms with Gasteiger partial charge in [-0.1, -0.05) is 6.07 Å². The Bertz CT molecular complexity index is 701. The zero-order valence-electron chi connectivity index (χ0n) is 12.7. The molecule has 0 saturated carbocycles. The van der Waals surface area contributed by atoms with Crippen LogP contribution in [0.1, 0.15) is 0 Å². The van der Waals surface area contributed by atoms with Gasteiger partial charge in [0.15, 0.2) is 6.61 Å². The number of anilines is 2. The van der Waals surface area contributed by atoms with Gasteiger partial charge < -0.3 is 15.0 Å². The van der Waals surface area contributed by atoms with Crippen LogP contribution in [0.15, 0.2) is 42.6 Å². The highest BCUT2D eigenvalue weighted by atomic mass is 16.6. The lowest BCUT2D eigenvalue weighted by Crippen LogP contribution is -2.20. The number of ether oxygens (including phenoxy) is 1. The van der Waals surface area contributed by atoms with Crippen molar-refractivity contribution in [3.63, 3.8) is 0 Å². The molecule has 120 valence electrons. The number of rotatable bonds is 6. The van der Waals surface area contributed by atoms with Gasteiger partial charge in [-0.2, -0.15) is 0 Å². The Hall–Kier alpha value is -3.16. The zero-order chi connectivity index (χ0) is 16.8.